The SMILES string of the molecule is CC(C)(C)N1CC2=C(C(=O)CC3(CCNCC3)C2)N1C(=O)OCc1ccccc1. The highest BCUT2D eigenvalue weighted by molar-refractivity contribution is 6.00. The van der Waals surface area contributed by atoms with E-state index in [1.807, 2.05) is 35.3 Å². The van der Waals surface area contributed by atoms with Gasteiger partial charge in [0.2, 0.25) is 0 Å². The number of hydrazine groups is 1. The molecule has 2 heterocycles. The molecule has 6 heteroatoms. The van der Waals surface area contributed by atoms with Gasteiger partial charge in [0.15, 0.2) is 5.78 Å². The Balaban J connectivity index is 1.59. The molecule has 0 aromatic heterocycles. The molecule has 29 heavy (non-hydrogen) atoms. The first-order chi connectivity index (χ1) is 13.8. The number of ketones is 1. The standard InChI is InChI=1S/C23H31N3O3/c1-22(2,3)25-15-18-13-23(9-11-24-12-10-23)14-19(27)20(18)26(25)21(28)29-16-17-7-5-4-6-8-17/h4-8,24H,9-16H2,1-3H3. The lowest BCUT2D eigenvalue weighted by Crippen LogP contribution is -2.52. The van der Waals surface area contributed by atoms with Gasteiger partial charge in [-0.3, -0.25) is 4.79 Å². The molecule has 4 rings (SSSR count). The van der Waals surface area contributed by atoms with Crippen LogP contribution in [0.3, 0.4) is 0 Å². The number of amides is 1. The van der Waals surface area contributed by atoms with E-state index in [0.717, 1.165) is 43.5 Å². The van der Waals surface area contributed by atoms with Crippen LogP contribution in [0.1, 0.15) is 52.0 Å². The minimum Gasteiger partial charge on any atom is -0.443 e. The van der Waals surface area contributed by atoms with Crippen molar-refractivity contribution >= 4 is 11.9 Å². The molecule has 1 amide bonds. The fourth-order valence-electron chi connectivity index (χ4n) is 4.81. The summed E-state index contributed by atoms with van der Waals surface area (Å²) in [6, 6.07) is 9.63. The number of benzene rings is 1. The van der Waals surface area contributed by atoms with Gasteiger partial charge in [-0.05, 0) is 69.7 Å². The number of ether oxygens (including phenoxy) is 1. The third-order valence-electron chi connectivity index (χ3n) is 6.33. The molecule has 0 saturated carbocycles. The van der Waals surface area contributed by atoms with E-state index >= 15 is 0 Å². The summed E-state index contributed by atoms with van der Waals surface area (Å²) in [6.45, 7) is 8.92. The molecule has 1 aromatic carbocycles. The van der Waals surface area contributed by atoms with E-state index in [9.17, 15) is 9.59 Å². The first-order valence-corrected chi connectivity index (χ1v) is 10.5. The van der Waals surface area contributed by atoms with Crippen molar-refractivity contribution in [2.24, 2.45) is 5.41 Å². The van der Waals surface area contributed by atoms with Crippen LogP contribution < -0.4 is 5.32 Å². The van der Waals surface area contributed by atoms with Crippen molar-refractivity contribution in [3.05, 3.63) is 47.2 Å². The molecular weight excluding hydrogens is 366 g/mol. The number of allylic oxidation sites excluding steroid dienone is 1. The number of piperidine rings is 1. The van der Waals surface area contributed by atoms with Crippen molar-refractivity contribution in [2.75, 3.05) is 19.6 Å². The van der Waals surface area contributed by atoms with Crippen molar-refractivity contribution in [1.29, 1.82) is 0 Å². The van der Waals surface area contributed by atoms with E-state index in [1.165, 1.54) is 5.01 Å². The molecule has 0 bridgehead atoms. The Kier molecular flexibility index (Phi) is 5.25. The first-order valence-electron chi connectivity index (χ1n) is 10.5. The molecule has 1 aliphatic carbocycles. The van der Waals surface area contributed by atoms with Crippen molar-refractivity contribution < 1.29 is 14.3 Å². The lowest BCUT2D eigenvalue weighted by atomic mass is 9.67. The van der Waals surface area contributed by atoms with Crippen LogP contribution in [0.15, 0.2) is 41.6 Å². The molecule has 1 spiro atoms. The molecule has 156 valence electrons. The second kappa shape index (κ2) is 7.58. The quantitative estimate of drug-likeness (QED) is 0.826. The number of Topliss-reactive ketones (excluding diaryl/α,β-unsaturated/α-hetero) is 1. The van der Waals surface area contributed by atoms with Gasteiger partial charge in [-0.25, -0.2) is 14.8 Å². The van der Waals surface area contributed by atoms with Crippen LogP contribution in [0.25, 0.3) is 0 Å². The topological polar surface area (TPSA) is 61.9 Å². The number of hydrogen-bond donors (Lipinski definition) is 1. The number of nitrogens with one attached hydrogen (secondary N) is 1. The molecule has 2 aliphatic heterocycles. The summed E-state index contributed by atoms with van der Waals surface area (Å²) in [4.78, 5) is 26.4. The molecular formula is C23H31N3O3. The van der Waals surface area contributed by atoms with Crippen LogP contribution in [-0.2, 0) is 16.1 Å². The van der Waals surface area contributed by atoms with Crippen LogP contribution in [0.2, 0.25) is 0 Å². The van der Waals surface area contributed by atoms with Crippen LogP contribution in [0.5, 0.6) is 0 Å². The van der Waals surface area contributed by atoms with E-state index in [2.05, 4.69) is 26.1 Å². The predicted octanol–water partition coefficient (Wildman–Crippen LogP) is 3.64. The Labute approximate surface area is 172 Å². The molecule has 0 radical (unpaired) electrons. The van der Waals surface area contributed by atoms with Crippen LogP contribution in [0.4, 0.5) is 4.79 Å². The minimum atomic E-state index is -0.469. The van der Waals surface area contributed by atoms with Crippen molar-refractivity contribution in [3.8, 4) is 0 Å². The molecule has 1 aromatic rings. The highest BCUT2D eigenvalue weighted by Gasteiger charge is 2.50. The second-order valence-corrected chi connectivity index (χ2v) is 9.56. The lowest BCUT2D eigenvalue weighted by molar-refractivity contribution is -0.123. The summed E-state index contributed by atoms with van der Waals surface area (Å²) >= 11 is 0. The zero-order chi connectivity index (χ0) is 20.6. The molecule has 0 unspecified atom stereocenters. The number of carbonyl (C=O) groups excluding carboxylic acids is 2. The molecule has 1 fully saturated rings. The van der Waals surface area contributed by atoms with Gasteiger partial charge in [-0.2, -0.15) is 0 Å². The lowest BCUT2D eigenvalue weighted by Gasteiger charge is -2.41. The first kappa shape index (κ1) is 20.1. The van der Waals surface area contributed by atoms with Gasteiger partial charge in [0, 0.05) is 18.5 Å². The van der Waals surface area contributed by atoms with Crippen LogP contribution >= 0.6 is 0 Å². The summed E-state index contributed by atoms with van der Waals surface area (Å²) in [5, 5.41) is 6.91. The Hall–Kier alpha value is -2.18. The van der Waals surface area contributed by atoms with Gasteiger partial charge in [0.05, 0.1) is 0 Å². The fraction of sp³-hybridized carbons (Fsp3) is 0.565. The second-order valence-electron chi connectivity index (χ2n) is 9.56. The van der Waals surface area contributed by atoms with Gasteiger partial charge in [0.25, 0.3) is 0 Å². The maximum absolute atomic E-state index is 13.3. The predicted molar refractivity (Wildman–Crippen MR) is 111 cm³/mol. The summed E-state index contributed by atoms with van der Waals surface area (Å²) in [7, 11) is 0. The number of nitrogens with zero attached hydrogens (tertiary/aromatic N) is 2. The van der Waals surface area contributed by atoms with Gasteiger partial charge in [0.1, 0.15) is 12.3 Å². The van der Waals surface area contributed by atoms with Gasteiger partial charge < -0.3 is 10.1 Å². The summed E-state index contributed by atoms with van der Waals surface area (Å²) in [5.74, 6) is 0.0801. The molecule has 6 nitrogen and oxygen atoms in total. The highest BCUT2D eigenvalue weighted by atomic mass is 16.6. The number of carbonyl (C=O) groups is 2. The van der Waals surface area contributed by atoms with Crippen molar-refractivity contribution in [3.63, 3.8) is 0 Å². The van der Waals surface area contributed by atoms with Crippen LogP contribution in [-0.4, -0.2) is 47.1 Å². The van der Waals surface area contributed by atoms with Gasteiger partial charge >= 0.3 is 6.09 Å². The van der Waals surface area contributed by atoms with E-state index in [4.69, 9.17) is 4.74 Å². The number of rotatable bonds is 2. The van der Waals surface area contributed by atoms with Crippen LogP contribution in [0, 0.1) is 5.41 Å². The largest absolute Gasteiger partial charge is 0.443 e. The summed E-state index contributed by atoms with van der Waals surface area (Å²) in [5.41, 5.74) is 2.33. The third kappa shape index (κ3) is 3.96. The highest BCUT2D eigenvalue weighted by Crippen LogP contribution is 2.48. The zero-order valence-corrected chi connectivity index (χ0v) is 17.7. The Morgan fingerprint density at radius 3 is 2.48 bits per heavy atom. The molecule has 1 saturated heterocycles. The molecule has 1 N–H and O–H groups in total. The molecule has 3 aliphatic rings. The normalized spacial score (nSPS) is 22.2. The maximum Gasteiger partial charge on any atom is 0.429 e. The summed E-state index contributed by atoms with van der Waals surface area (Å²) < 4.78 is 5.62. The summed E-state index contributed by atoms with van der Waals surface area (Å²) in [6.07, 6.45) is 2.98. The van der Waals surface area contributed by atoms with Crippen molar-refractivity contribution in [1.82, 2.24) is 15.3 Å². The smallest absolute Gasteiger partial charge is 0.429 e. The van der Waals surface area contributed by atoms with Gasteiger partial charge in [-0.15, -0.1) is 0 Å². The van der Waals surface area contributed by atoms with E-state index in [-0.39, 0.29) is 23.3 Å². The van der Waals surface area contributed by atoms with E-state index < -0.39 is 6.09 Å². The monoisotopic (exact) mass is 397 g/mol. The zero-order valence-electron chi connectivity index (χ0n) is 17.7. The third-order valence-corrected chi connectivity index (χ3v) is 6.33. The van der Waals surface area contributed by atoms with Gasteiger partial charge in [-0.1, -0.05) is 30.3 Å². The average molecular weight is 398 g/mol. The Bertz CT molecular complexity index is 820. The fourth-order valence-corrected chi connectivity index (χ4v) is 4.81. The maximum atomic E-state index is 13.3. The Morgan fingerprint density at radius 1 is 1.14 bits per heavy atom. The molecule has 0 atom stereocenters. The van der Waals surface area contributed by atoms with Crippen molar-refractivity contribution in [2.45, 2.75) is 58.6 Å². The van der Waals surface area contributed by atoms with E-state index in [1.54, 1.807) is 0 Å². The average Bonchev–Trinajstić information content (AvgIpc) is 3.07. The number of hydrogen-bond acceptors (Lipinski definition) is 5. The minimum absolute atomic E-state index is 0.0503. The Morgan fingerprint density at radius 2 is 1.83 bits per heavy atom. The van der Waals surface area contributed by atoms with E-state index in [0.29, 0.717) is 18.7 Å².